The van der Waals surface area contributed by atoms with Gasteiger partial charge in [0.15, 0.2) is 0 Å². The van der Waals surface area contributed by atoms with E-state index in [2.05, 4.69) is 183 Å². The molecule has 0 amide bonds. The quantitative estimate of drug-likeness (QED) is 0.0840. The van der Waals surface area contributed by atoms with Gasteiger partial charge in [0.05, 0.1) is 0 Å². The minimum absolute atomic E-state index is 0.854. The molecule has 4 nitrogen and oxygen atoms in total. The summed E-state index contributed by atoms with van der Waals surface area (Å²) in [6.07, 6.45) is 2.53. The van der Waals surface area contributed by atoms with Crippen LogP contribution in [-0.4, -0.2) is 26.8 Å². The van der Waals surface area contributed by atoms with Crippen LogP contribution in [0.25, 0.3) is 11.1 Å². The normalized spacial score (nSPS) is 8.82. The van der Waals surface area contributed by atoms with Gasteiger partial charge in [-0.2, -0.15) is 10.2 Å². The molecule has 0 saturated heterocycles. The maximum Gasteiger partial charge on any atom is -0.0184 e. The van der Waals surface area contributed by atoms with Crippen molar-refractivity contribution in [3.8, 4) is 23.0 Å². The molecule has 44 heavy (non-hydrogen) atoms. The molecule has 5 heteroatoms. The third-order valence-corrected chi connectivity index (χ3v) is 5.24. The molecule has 3 rings (SSSR count). The van der Waals surface area contributed by atoms with Crippen LogP contribution in [0.4, 0.5) is 0 Å². The van der Waals surface area contributed by atoms with Crippen LogP contribution in [-0.2, 0) is 0 Å². The standard InChI is InChI=1S/C14H14.C8H10.C5H7N2.C4H6.C2H6N2.3C2H6.Yb/c1-11-3-7-13(8-4-11)14-9-5-12(2)6-10-14;1-7-3-5-8(2)6-4-7;1-4-6-7-5(2)3;2*1-3-4-2;3*1-2;/h3-10H,1-2H3;3-6H,1-2H3;2H,1,3H3;2*1-2H3;3*1-2H3;/q;;-1;;;;;;. The summed E-state index contributed by atoms with van der Waals surface area (Å²) in [6.45, 7) is 27.6. The van der Waals surface area contributed by atoms with Gasteiger partial charge in [-0.1, -0.05) is 137 Å². The van der Waals surface area contributed by atoms with Gasteiger partial charge in [0, 0.05) is 14.1 Å². The van der Waals surface area contributed by atoms with Gasteiger partial charge in [0.2, 0.25) is 0 Å². The van der Waals surface area contributed by atoms with Crippen molar-refractivity contribution >= 4 is 12.7 Å². The molecule has 0 radical (unpaired) electrons. The van der Waals surface area contributed by atoms with Crippen molar-refractivity contribution in [3.05, 3.63) is 95.1 Å². The minimum Gasteiger partial charge on any atom is -0.0591 e. The van der Waals surface area contributed by atoms with E-state index in [0.29, 0.717) is 0 Å². The Kier molecular flexibility index (Phi) is 49.6. The van der Waals surface area contributed by atoms with Crippen LogP contribution in [0.5, 0.6) is 0 Å². The Hall–Kier alpha value is -2.45. The predicted molar refractivity (Wildman–Crippen MR) is 199 cm³/mol. The van der Waals surface area contributed by atoms with E-state index in [1.54, 1.807) is 21.8 Å². The zero-order chi connectivity index (χ0) is 35.2. The molecule has 0 unspecified atom stereocenters. The van der Waals surface area contributed by atoms with Gasteiger partial charge in [-0.15, -0.1) is 11.8 Å². The molecule has 3 aromatic carbocycles. The summed E-state index contributed by atoms with van der Waals surface area (Å²) in [7, 11) is 3.28. The molecule has 252 valence electrons. The van der Waals surface area contributed by atoms with E-state index in [-0.39, 0.29) is 0 Å². The molecule has 0 aliphatic rings. The van der Waals surface area contributed by atoms with Crippen LogP contribution in [0, 0.1) is 83.6 Å². The fourth-order valence-corrected chi connectivity index (χ4v) is 2.37. The molecule has 3 aromatic rings. The zero-order valence-corrected chi connectivity index (χ0v) is 32.3. The summed E-state index contributed by atoms with van der Waals surface area (Å²) < 4.78 is 1.75. The van der Waals surface area contributed by atoms with Crippen LogP contribution < -0.4 is 0 Å². The molecular weight excluding hydrogens is 697 g/mol. The Morgan fingerprint density at radius 3 is 1.02 bits per heavy atom. The summed E-state index contributed by atoms with van der Waals surface area (Å²) in [4.78, 5) is 0. The number of hydrogen-bond donors (Lipinski definition) is 0. The van der Waals surface area contributed by atoms with Crippen LogP contribution >= 0.6 is 0 Å². The van der Waals surface area contributed by atoms with E-state index in [0.717, 1.165) is 5.71 Å². The minimum atomic E-state index is 0.854. The van der Waals surface area contributed by atoms with E-state index in [1.165, 1.54) is 33.4 Å². The largest absolute Gasteiger partial charge is 0.0591 e. The van der Waals surface area contributed by atoms with Crippen molar-refractivity contribution in [3.63, 3.8) is 0 Å². The number of nitrogens with zero attached hydrogens (tertiary/aromatic N) is 4. The number of benzene rings is 3. The molecule has 0 atom stereocenters. The molecule has 0 aromatic heterocycles. The van der Waals surface area contributed by atoms with E-state index in [4.69, 9.17) is 0 Å². The average molecular weight is 759 g/mol. The second-order valence-electron chi connectivity index (χ2n) is 7.93. The number of azo groups is 1. The van der Waals surface area contributed by atoms with Crippen molar-refractivity contribution in [1.82, 2.24) is 0 Å². The van der Waals surface area contributed by atoms with Crippen molar-refractivity contribution < 1.29 is 44.1 Å². The Morgan fingerprint density at radius 2 is 0.841 bits per heavy atom. The van der Waals surface area contributed by atoms with Crippen LogP contribution in [0.2, 0.25) is 0 Å². The molecule has 0 heterocycles. The van der Waals surface area contributed by atoms with Crippen LogP contribution in [0.15, 0.2) is 93.2 Å². The molecule has 0 bridgehead atoms. The predicted octanol–water partition coefficient (Wildman–Crippen LogP) is 11.8. The molecule has 0 N–H and O–H groups in total. The topological polar surface area (TPSA) is 49.4 Å². The van der Waals surface area contributed by atoms with Gasteiger partial charge in [0.25, 0.3) is 0 Å². The zero-order valence-electron chi connectivity index (χ0n) is 30.6. The summed E-state index contributed by atoms with van der Waals surface area (Å²) in [5, 5.41) is 14.0. The average Bonchev–Trinajstić information content (AvgIpc) is 3.09. The van der Waals surface area contributed by atoms with Gasteiger partial charge in [-0.25, -0.2) is 0 Å². The van der Waals surface area contributed by atoms with E-state index in [9.17, 15) is 0 Å². The smallest absolute Gasteiger partial charge is 0.0184 e. The van der Waals surface area contributed by atoms with Crippen LogP contribution in [0.3, 0.4) is 0 Å². The Bertz CT molecular complexity index is 1070. The maximum atomic E-state index is 3.70. The monoisotopic (exact) mass is 759 g/mol. The fraction of sp³-hybridized carbons (Fsp3) is 0.410. The van der Waals surface area contributed by atoms with Gasteiger partial charge < -0.3 is 0 Å². The van der Waals surface area contributed by atoms with Crippen molar-refractivity contribution in [2.45, 2.75) is 96.9 Å². The molecular formula is C39H61N4Yb-. The molecule has 0 aliphatic heterocycles. The summed E-state index contributed by atoms with van der Waals surface area (Å²) in [5.41, 5.74) is 8.70. The van der Waals surface area contributed by atoms with E-state index >= 15 is 0 Å². The first-order valence-corrected chi connectivity index (χ1v) is 16.1. The first kappa shape index (κ1) is 51.1. The fourth-order valence-electron chi connectivity index (χ4n) is 2.27. The van der Waals surface area contributed by atoms with Crippen molar-refractivity contribution in [2.24, 2.45) is 20.4 Å². The Morgan fingerprint density at radius 1 is 0.591 bits per heavy atom. The van der Waals surface area contributed by atoms with Crippen molar-refractivity contribution in [2.75, 3.05) is 14.1 Å². The molecule has 0 saturated carbocycles. The number of rotatable bonds is 3. The maximum absolute atomic E-state index is 3.70. The first-order chi connectivity index (χ1) is 21.2. The number of aryl methyl sites for hydroxylation is 4. The third kappa shape index (κ3) is 37.6. The Balaban J connectivity index is -0.000000148. The van der Waals surface area contributed by atoms with Crippen LogP contribution in [0.1, 0.15) is 91.5 Å². The van der Waals surface area contributed by atoms with E-state index in [1.807, 2.05) is 62.3 Å². The van der Waals surface area contributed by atoms with E-state index < -0.39 is 0 Å². The molecule has 0 aliphatic carbocycles. The Labute approximate surface area is 303 Å². The van der Waals surface area contributed by atoms with Gasteiger partial charge in [-0.3, -0.25) is 0 Å². The second kappa shape index (κ2) is 42.7. The molecule has 0 fully saturated rings. The summed E-state index contributed by atoms with van der Waals surface area (Å²) >= 11 is 2.80. The molecule has 0 spiro atoms. The van der Waals surface area contributed by atoms with Gasteiger partial charge in [0.1, 0.15) is 0 Å². The third-order valence-electron chi connectivity index (χ3n) is 4.52. The number of hydrogen-bond acceptors (Lipinski definition) is 4. The van der Waals surface area contributed by atoms with Gasteiger partial charge >= 0.3 is 80.8 Å². The van der Waals surface area contributed by atoms with Crippen molar-refractivity contribution in [1.29, 1.82) is 0 Å². The van der Waals surface area contributed by atoms with Gasteiger partial charge in [-0.05, 0) is 52.7 Å². The summed E-state index contributed by atoms with van der Waals surface area (Å²) in [6, 6.07) is 25.7. The second-order valence-corrected chi connectivity index (χ2v) is 8.42. The first-order valence-electron chi connectivity index (χ1n) is 15.1. The SMILES string of the molecule is CC.CC.CC.CC#CC.CN=NC.C[C-]=NN=C(C)[CH]=[Yb].Cc1ccc(-c2ccc(C)cc2)cc1.Cc1ccc(C)cc1. The summed E-state index contributed by atoms with van der Waals surface area (Å²) in [5.74, 6) is 5.36.